The van der Waals surface area contributed by atoms with Crippen molar-refractivity contribution in [3.63, 3.8) is 0 Å². The average Bonchev–Trinajstić information content (AvgIpc) is 3.24. The predicted molar refractivity (Wildman–Crippen MR) is 75.3 cm³/mol. The fourth-order valence-electron chi connectivity index (χ4n) is 2.55. The van der Waals surface area contributed by atoms with Crippen LogP contribution in [0.15, 0.2) is 12.3 Å². The van der Waals surface area contributed by atoms with Gasteiger partial charge in [0.2, 0.25) is 0 Å². The molecule has 3 rings (SSSR count). The highest BCUT2D eigenvalue weighted by molar-refractivity contribution is 6.34. The molecule has 1 saturated carbocycles. The third-order valence-corrected chi connectivity index (χ3v) is 4.25. The molecule has 2 heterocycles. The van der Waals surface area contributed by atoms with Gasteiger partial charge >= 0.3 is 0 Å². The molecular formula is C14H17ClN4. The van der Waals surface area contributed by atoms with E-state index in [9.17, 15) is 0 Å². The van der Waals surface area contributed by atoms with E-state index in [1.165, 1.54) is 19.4 Å². The summed E-state index contributed by atoms with van der Waals surface area (Å²) < 4.78 is 0. The van der Waals surface area contributed by atoms with E-state index in [-0.39, 0.29) is 0 Å². The number of pyridine rings is 1. The Hall–Kier alpha value is -1.31. The van der Waals surface area contributed by atoms with Crippen LogP contribution in [0.2, 0.25) is 5.02 Å². The van der Waals surface area contributed by atoms with Crippen molar-refractivity contribution in [2.45, 2.75) is 12.8 Å². The summed E-state index contributed by atoms with van der Waals surface area (Å²) >= 11 is 6.23. The lowest BCUT2D eigenvalue weighted by atomic mass is 10.2. The summed E-state index contributed by atoms with van der Waals surface area (Å²) in [5, 5.41) is 9.49. The van der Waals surface area contributed by atoms with E-state index in [4.69, 9.17) is 16.9 Å². The molecule has 1 aliphatic carbocycles. The van der Waals surface area contributed by atoms with Gasteiger partial charge in [0.25, 0.3) is 0 Å². The molecule has 2 fully saturated rings. The fraction of sp³-hybridized carbons (Fsp3) is 0.571. The van der Waals surface area contributed by atoms with E-state index in [0.29, 0.717) is 10.6 Å². The second kappa shape index (κ2) is 5.36. The lowest BCUT2D eigenvalue weighted by Gasteiger charge is -2.35. The van der Waals surface area contributed by atoms with Crippen molar-refractivity contribution in [2.75, 3.05) is 37.6 Å². The van der Waals surface area contributed by atoms with E-state index in [1.807, 2.05) is 0 Å². The molecule has 0 atom stereocenters. The highest BCUT2D eigenvalue weighted by Crippen LogP contribution is 2.31. The summed E-state index contributed by atoms with van der Waals surface area (Å²) in [4.78, 5) is 9.04. The number of nitriles is 1. The van der Waals surface area contributed by atoms with Crippen molar-refractivity contribution in [3.8, 4) is 6.07 Å². The molecule has 19 heavy (non-hydrogen) atoms. The van der Waals surface area contributed by atoms with Crippen LogP contribution in [0.4, 0.5) is 5.82 Å². The summed E-state index contributed by atoms with van der Waals surface area (Å²) in [6, 6.07) is 3.77. The Kier molecular flexibility index (Phi) is 3.58. The normalized spacial score (nSPS) is 20.3. The molecule has 4 nitrogen and oxygen atoms in total. The third-order valence-electron chi connectivity index (χ3n) is 3.88. The van der Waals surface area contributed by atoms with Gasteiger partial charge in [0.05, 0.1) is 5.56 Å². The van der Waals surface area contributed by atoms with Gasteiger partial charge in [0, 0.05) is 38.9 Å². The molecule has 1 aromatic heterocycles. The number of hydrogen-bond donors (Lipinski definition) is 0. The topological polar surface area (TPSA) is 43.2 Å². The van der Waals surface area contributed by atoms with Gasteiger partial charge in [-0.3, -0.25) is 4.90 Å². The van der Waals surface area contributed by atoms with Gasteiger partial charge in [-0.25, -0.2) is 4.98 Å². The first-order valence-corrected chi connectivity index (χ1v) is 7.17. The van der Waals surface area contributed by atoms with E-state index < -0.39 is 0 Å². The second-order valence-corrected chi connectivity index (χ2v) is 5.72. The molecule has 0 unspecified atom stereocenters. The number of anilines is 1. The molecule has 0 radical (unpaired) electrons. The van der Waals surface area contributed by atoms with Crippen LogP contribution in [0.25, 0.3) is 0 Å². The largest absolute Gasteiger partial charge is 0.353 e. The van der Waals surface area contributed by atoms with E-state index in [1.54, 1.807) is 12.3 Å². The Balaban J connectivity index is 1.66. The summed E-state index contributed by atoms with van der Waals surface area (Å²) in [5.41, 5.74) is 0.507. The molecule has 0 amide bonds. The maximum atomic E-state index is 9.00. The zero-order chi connectivity index (χ0) is 13.2. The maximum absolute atomic E-state index is 9.00. The molecule has 2 aliphatic rings. The van der Waals surface area contributed by atoms with Crippen molar-refractivity contribution in [3.05, 3.63) is 22.8 Å². The first kappa shape index (κ1) is 12.7. The Morgan fingerprint density at radius 3 is 2.68 bits per heavy atom. The number of piperazine rings is 1. The maximum Gasteiger partial charge on any atom is 0.148 e. The van der Waals surface area contributed by atoms with Gasteiger partial charge in [0.15, 0.2) is 0 Å². The highest BCUT2D eigenvalue weighted by Gasteiger charge is 2.27. The van der Waals surface area contributed by atoms with Gasteiger partial charge in [-0.05, 0) is 24.8 Å². The Morgan fingerprint density at radius 1 is 1.32 bits per heavy atom. The van der Waals surface area contributed by atoms with Crippen LogP contribution >= 0.6 is 11.6 Å². The minimum absolute atomic E-state index is 0.487. The SMILES string of the molecule is N#Cc1ccnc(N2CCN(CC3CC3)CC2)c1Cl. The Bertz CT molecular complexity index is 499. The van der Waals surface area contributed by atoms with Crippen molar-refractivity contribution in [1.82, 2.24) is 9.88 Å². The lowest BCUT2D eigenvalue weighted by molar-refractivity contribution is 0.247. The monoisotopic (exact) mass is 276 g/mol. The van der Waals surface area contributed by atoms with E-state index >= 15 is 0 Å². The molecule has 0 spiro atoms. The minimum Gasteiger partial charge on any atom is -0.353 e. The van der Waals surface area contributed by atoms with Gasteiger partial charge < -0.3 is 4.90 Å². The first-order chi connectivity index (χ1) is 9.28. The van der Waals surface area contributed by atoms with Gasteiger partial charge in [-0.1, -0.05) is 11.6 Å². The molecule has 5 heteroatoms. The molecule has 100 valence electrons. The number of halogens is 1. The van der Waals surface area contributed by atoms with Crippen molar-refractivity contribution >= 4 is 17.4 Å². The molecule has 0 aromatic carbocycles. The molecular weight excluding hydrogens is 260 g/mol. The van der Waals surface area contributed by atoms with Gasteiger partial charge in [-0.2, -0.15) is 5.26 Å². The standard InChI is InChI=1S/C14H17ClN4/c15-13-12(9-16)3-4-17-14(13)19-7-5-18(6-8-19)10-11-1-2-11/h3-4,11H,1-2,5-8,10H2. The van der Waals surface area contributed by atoms with Gasteiger partial charge in [0.1, 0.15) is 16.9 Å². The zero-order valence-corrected chi connectivity index (χ0v) is 11.6. The van der Waals surface area contributed by atoms with Crippen molar-refractivity contribution < 1.29 is 0 Å². The summed E-state index contributed by atoms with van der Waals surface area (Å²) in [6.45, 7) is 5.24. The lowest BCUT2D eigenvalue weighted by Crippen LogP contribution is -2.47. The van der Waals surface area contributed by atoms with Crippen LogP contribution in [-0.2, 0) is 0 Å². The number of nitrogens with zero attached hydrogens (tertiary/aromatic N) is 4. The molecule has 0 N–H and O–H groups in total. The fourth-order valence-corrected chi connectivity index (χ4v) is 2.82. The van der Waals surface area contributed by atoms with Crippen LogP contribution in [0.1, 0.15) is 18.4 Å². The van der Waals surface area contributed by atoms with Crippen molar-refractivity contribution in [1.29, 1.82) is 5.26 Å². The van der Waals surface area contributed by atoms with E-state index in [0.717, 1.165) is 37.9 Å². The Morgan fingerprint density at radius 2 is 2.05 bits per heavy atom. The van der Waals surface area contributed by atoms with Crippen LogP contribution in [0.3, 0.4) is 0 Å². The number of rotatable bonds is 3. The second-order valence-electron chi connectivity index (χ2n) is 5.34. The third kappa shape index (κ3) is 2.83. The molecule has 1 saturated heterocycles. The smallest absolute Gasteiger partial charge is 0.148 e. The first-order valence-electron chi connectivity index (χ1n) is 6.80. The van der Waals surface area contributed by atoms with Crippen LogP contribution in [-0.4, -0.2) is 42.6 Å². The number of aromatic nitrogens is 1. The summed E-state index contributed by atoms with van der Waals surface area (Å²) in [6.07, 6.45) is 4.46. The predicted octanol–water partition coefficient (Wildman–Crippen LogP) is 2.14. The van der Waals surface area contributed by atoms with E-state index in [2.05, 4.69) is 20.9 Å². The van der Waals surface area contributed by atoms with Crippen LogP contribution < -0.4 is 4.90 Å². The summed E-state index contributed by atoms with van der Waals surface area (Å²) in [5.74, 6) is 1.70. The molecule has 1 aliphatic heterocycles. The Labute approximate surface area is 118 Å². The quantitative estimate of drug-likeness (QED) is 0.848. The minimum atomic E-state index is 0.487. The average molecular weight is 277 g/mol. The van der Waals surface area contributed by atoms with Crippen LogP contribution in [0.5, 0.6) is 0 Å². The number of hydrogen-bond acceptors (Lipinski definition) is 4. The molecule has 1 aromatic rings. The van der Waals surface area contributed by atoms with Gasteiger partial charge in [-0.15, -0.1) is 0 Å². The zero-order valence-electron chi connectivity index (χ0n) is 10.8. The van der Waals surface area contributed by atoms with Crippen molar-refractivity contribution in [2.24, 2.45) is 5.92 Å². The van der Waals surface area contributed by atoms with Crippen LogP contribution in [0, 0.1) is 17.2 Å². The molecule has 0 bridgehead atoms. The highest BCUT2D eigenvalue weighted by atomic mass is 35.5. The summed E-state index contributed by atoms with van der Waals surface area (Å²) in [7, 11) is 0.